The fourth-order valence-corrected chi connectivity index (χ4v) is 3.00. The van der Waals surface area contributed by atoms with Crippen LogP contribution < -0.4 is 0 Å². The molecule has 0 aromatic carbocycles. The quantitative estimate of drug-likeness (QED) is 0.767. The Morgan fingerprint density at radius 1 is 1.40 bits per heavy atom. The highest BCUT2D eigenvalue weighted by Crippen LogP contribution is 2.19. The van der Waals surface area contributed by atoms with Gasteiger partial charge in [-0.25, -0.2) is 4.98 Å². The molecule has 0 bridgehead atoms. The number of carbonyl (C=O) groups is 1. The van der Waals surface area contributed by atoms with Gasteiger partial charge in [-0.3, -0.25) is 4.79 Å². The van der Waals surface area contributed by atoms with Crippen LogP contribution in [0.5, 0.6) is 0 Å². The molecule has 0 saturated carbocycles. The lowest BCUT2D eigenvalue weighted by atomic mass is 10.2. The average Bonchev–Trinajstić information content (AvgIpc) is 2.75. The van der Waals surface area contributed by atoms with E-state index in [2.05, 4.69) is 4.98 Å². The Hall–Kier alpha value is -1.00. The fourth-order valence-electron chi connectivity index (χ4n) is 1.36. The van der Waals surface area contributed by atoms with Gasteiger partial charge in [0, 0.05) is 11.1 Å². The number of nitrogens with zero attached hydrogens (tertiary/aromatic N) is 1. The summed E-state index contributed by atoms with van der Waals surface area (Å²) in [5.41, 5.74) is 2.06. The van der Waals surface area contributed by atoms with Crippen LogP contribution in [0.15, 0.2) is 16.8 Å². The lowest BCUT2D eigenvalue weighted by molar-refractivity contribution is 0.0996. The Bertz CT molecular complexity index is 484. The first-order valence-corrected chi connectivity index (χ1v) is 6.41. The Balaban J connectivity index is 2.14. The molecule has 0 atom stereocenters. The van der Waals surface area contributed by atoms with Crippen LogP contribution >= 0.6 is 22.7 Å². The van der Waals surface area contributed by atoms with Crippen molar-refractivity contribution in [3.63, 3.8) is 0 Å². The Labute approximate surface area is 96.6 Å². The molecule has 15 heavy (non-hydrogen) atoms. The first kappa shape index (κ1) is 10.5. The lowest BCUT2D eigenvalue weighted by Gasteiger charge is -1.96. The summed E-state index contributed by atoms with van der Waals surface area (Å²) < 4.78 is 0. The summed E-state index contributed by atoms with van der Waals surface area (Å²) in [7, 11) is 0. The summed E-state index contributed by atoms with van der Waals surface area (Å²) in [5, 5.41) is 4.84. The predicted octanol–water partition coefficient (Wildman–Crippen LogP) is 3.25. The summed E-state index contributed by atoms with van der Waals surface area (Å²) in [6, 6.07) is 1.98. The van der Waals surface area contributed by atoms with E-state index in [4.69, 9.17) is 0 Å². The molecule has 0 saturated heterocycles. The molecular weight excluding hydrogens is 226 g/mol. The zero-order valence-corrected chi connectivity index (χ0v) is 10.2. The number of aryl methyl sites for hydroxylation is 2. The van der Waals surface area contributed by atoms with Crippen LogP contribution in [0, 0.1) is 13.8 Å². The van der Waals surface area contributed by atoms with E-state index in [1.807, 2.05) is 30.7 Å². The van der Waals surface area contributed by atoms with Crippen LogP contribution in [-0.2, 0) is 6.42 Å². The predicted molar refractivity (Wildman–Crippen MR) is 63.9 cm³/mol. The van der Waals surface area contributed by atoms with Crippen LogP contribution in [0.25, 0.3) is 0 Å². The second-order valence-electron chi connectivity index (χ2n) is 3.42. The minimum absolute atomic E-state index is 0.178. The third-order valence-electron chi connectivity index (χ3n) is 2.09. The van der Waals surface area contributed by atoms with E-state index in [0.717, 1.165) is 21.1 Å². The molecule has 2 aromatic heterocycles. The van der Waals surface area contributed by atoms with Crippen molar-refractivity contribution in [3.05, 3.63) is 38.0 Å². The first-order valence-electron chi connectivity index (χ1n) is 4.65. The molecule has 0 radical (unpaired) electrons. The molecule has 2 rings (SSSR count). The van der Waals surface area contributed by atoms with Gasteiger partial charge in [-0.15, -0.1) is 22.7 Å². The van der Waals surface area contributed by atoms with E-state index in [1.54, 1.807) is 11.3 Å². The van der Waals surface area contributed by atoms with E-state index < -0.39 is 0 Å². The zero-order valence-electron chi connectivity index (χ0n) is 8.61. The third kappa shape index (κ3) is 2.33. The number of ketones is 1. The normalized spacial score (nSPS) is 10.5. The van der Waals surface area contributed by atoms with Gasteiger partial charge in [-0.2, -0.15) is 0 Å². The van der Waals surface area contributed by atoms with Crippen LogP contribution in [0.1, 0.15) is 25.9 Å². The summed E-state index contributed by atoms with van der Waals surface area (Å²) in [6.07, 6.45) is 0.430. The van der Waals surface area contributed by atoms with Gasteiger partial charge in [0.1, 0.15) is 5.01 Å². The van der Waals surface area contributed by atoms with E-state index in [0.29, 0.717) is 6.42 Å². The van der Waals surface area contributed by atoms with Crippen LogP contribution in [0.2, 0.25) is 0 Å². The molecule has 78 valence electrons. The highest BCUT2D eigenvalue weighted by molar-refractivity contribution is 7.12. The smallest absolute Gasteiger partial charge is 0.179 e. The van der Waals surface area contributed by atoms with Crippen molar-refractivity contribution in [3.8, 4) is 0 Å². The molecule has 2 heterocycles. The second kappa shape index (κ2) is 4.24. The first-order chi connectivity index (χ1) is 7.16. The highest BCUT2D eigenvalue weighted by atomic mass is 32.1. The summed E-state index contributed by atoms with van der Waals surface area (Å²) >= 11 is 3.06. The molecule has 0 aliphatic heterocycles. The van der Waals surface area contributed by atoms with Crippen LogP contribution in [-0.4, -0.2) is 10.8 Å². The zero-order chi connectivity index (χ0) is 10.8. The van der Waals surface area contributed by atoms with E-state index in [9.17, 15) is 4.79 Å². The molecule has 0 spiro atoms. The standard InChI is InChI=1S/C11H11NOS2/c1-7-3-4-14-11(7)9(13)5-10-12-8(2)6-15-10/h3-4,6H,5H2,1-2H3. The van der Waals surface area contributed by atoms with Crippen molar-refractivity contribution in [2.24, 2.45) is 0 Å². The number of thiophene rings is 1. The molecule has 0 aliphatic carbocycles. The minimum Gasteiger partial charge on any atom is -0.293 e. The Kier molecular flexibility index (Phi) is 2.98. The second-order valence-corrected chi connectivity index (χ2v) is 5.27. The van der Waals surface area contributed by atoms with Gasteiger partial charge in [-0.1, -0.05) is 0 Å². The van der Waals surface area contributed by atoms with Crippen LogP contribution in [0.3, 0.4) is 0 Å². The fraction of sp³-hybridized carbons (Fsp3) is 0.273. The SMILES string of the molecule is Cc1csc(CC(=O)c2sccc2C)n1. The van der Waals surface area contributed by atoms with Gasteiger partial charge in [0.25, 0.3) is 0 Å². The summed E-state index contributed by atoms with van der Waals surface area (Å²) in [6.45, 7) is 3.91. The molecule has 4 heteroatoms. The van der Waals surface area contributed by atoms with Gasteiger partial charge >= 0.3 is 0 Å². The summed E-state index contributed by atoms with van der Waals surface area (Å²) in [4.78, 5) is 17.0. The van der Waals surface area contributed by atoms with Crippen molar-refractivity contribution in [1.82, 2.24) is 4.98 Å². The van der Waals surface area contributed by atoms with Gasteiger partial charge < -0.3 is 0 Å². The minimum atomic E-state index is 0.178. The van der Waals surface area contributed by atoms with Gasteiger partial charge in [-0.05, 0) is 30.9 Å². The number of Topliss-reactive ketones (excluding diaryl/α,β-unsaturated/α-hetero) is 1. The van der Waals surface area contributed by atoms with Crippen LogP contribution in [0.4, 0.5) is 0 Å². The van der Waals surface area contributed by atoms with Crippen molar-refractivity contribution < 1.29 is 4.79 Å². The number of hydrogen-bond donors (Lipinski definition) is 0. The number of carbonyl (C=O) groups excluding carboxylic acids is 1. The largest absolute Gasteiger partial charge is 0.293 e. The van der Waals surface area contributed by atoms with Gasteiger partial charge in [0.2, 0.25) is 0 Å². The average molecular weight is 237 g/mol. The number of rotatable bonds is 3. The van der Waals surface area contributed by atoms with Gasteiger partial charge in [0.15, 0.2) is 5.78 Å². The molecule has 0 amide bonds. The van der Waals surface area contributed by atoms with E-state index in [1.165, 1.54) is 11.3 Å². The summed E-state index contributed by atoms with van der Waals surface area (Å²) in [5.74, 6) is 0.178. The Morgan fingerprint density at radius 2 is 2.20 bits per heavy atom. The van der Waals surface area contributed by atoms with Gasteiger partial charge in [0.05, 0.1) is 11.3 Å². The number of aromatic nitrogens is 1. The van der Waals surface area contributed by atoms with E-state index in [-0.39, 0.29) is 5.78 Å². The number of hydrogen-bond acceptors (Lipinski definition) is 4. The molecule has 0 fully saturated rings. The molecule has 0 unspecified atom stereocenters. The van der Waals surface area contributed by atoms with Crippen molar-refractivity contribution in [1.29, 1.82) is 0 Å². The lowest BCUT2D eigenvalue weighted by Crippen LogP contribution is -2.02. The van der Waals surface area contributed by atoms with Crippen molar-refractivity contribution >= 4 is 28.5 Å². The molecular formula is C11H11NOS2. The topological polar surface area (TPSA) is 30.0 Å². The Morgan fingerprint density at radius 3 is 2.73 bits per heavy atom. The maximum Gasteiger partial charge on any atom is 0.179 e. The monoisotopic (exact) mass is 237 g/mol. The van der Waals surface area contributed by atoms with E-state index >= 15 is 0 Å². The molecule has 0 N–H and O–H groups in total. The molecule has 2 nitrogen and oxygen atoms in total. The molecule has 2 aromatic rings. The van der Waals surface area contributed by atoms with Crippen molar-refractivity contribution in [2.75, 3.05) is 0 Å². The maximum absolute atomic E-state index is 11.9. The maximum atomic E-state index is 11.9. The molecule has 0 aliphatic rings. The van der Waals surface area contributed by atoms with Crippen molar-refractivity contribution in [2.45, 2.75) is 20.3 Å². The number of thiazole rings is 1. The third-order valence-corrected chi connectivity index (χ3v) is 4.12. The highest BCUT2D eigenvalue weighted by Gasteiger charge is 2.12.